The first-order chi connectivity index (χ1) is 27.8. The predicted octanol–water partition coefficient (Wildman–Crippen LogP) is 15.6. The number of phosphoric ester groups is 1. The van der Waals surface area contributed by atoms with E-state index in [0.29, 0.717) is 6.42 Å². The van der Waals surface area contributed by atoms with Crippen LogP contribution in [-0.4, -0.2) is 41.0 Å². The molecule has 0 rings (SSSR count). The first kappa shape index (κ1) is 56.0. The highest BCUT2D eigenvalue weighted by Crippen LogP contribution is 2.36. The zero-order valence-electron chi connectivity index (χ0n) is 37.8. The summed E-state index contributed by atoms with van der Waals surface area (Å²) >= 11 is 0. The molecule has 340 valence electrons. The van der Waals surface area contributed by atoms with Crippen LogP contribution in [-0.2, 0) is 28.2 Å². The van der Waals surface area contributed by atoms with Gasteiger partial charge in [0, 0.05) is 12.8 Å². The lowest BCUT2D eigenvalue weighted by Gasteiger charge is -2.18. The minimum absolute atomic E-state index is 0.221. The highest BCUT2D eigenvalue weighted by molar-refractivity contribution is 7.46. The third-order valence-electron chi connectivity index (χ3n) is 11.4. The van der Waals surface area contributed by atoms with E-state index in [2.05, 4.69) is 18.4 Å². The number of phosphoric acid groups is 1. The van der Waals surface area contributed by atoms with Crippen LogP contribution in [0.1, 0.15) is 277 Å². The average molecular weight is 831 g/mol. The molecule has 2 N–H and O–H groups in total. The second-order valence-corrected chi connectivity index (χ2v) is 18.4. The first-order valence-electron chi connectivity index (χ1n) is 24.8. The summed E-state index contributed by atoms with van der Waals surface area (Å²) in [6.07, 6.45) is 49.8. The number of carbonyl (C=O) groups is 2. The van der Waals surface area contributed by atoms with Crippen LogP contribution in [0.2, 0.25) is 0 Å². The van der Waals surface area contributed by atoms with Crippen molar-refractivity contribution in [2.45, 2.75) is 283 Å². The van der Waals surface area contributed by atoms with Crippen molar-refractivity contribution < 1.29 is 37.9 Å². The maximum atomic E-state index is 12.5. The molecule has 8 nitrogen and oxygen atoms in total. The van der Waals surface area contributed by atoms with Gasteiger partial charge in [-0.2, -0.15) is 0 Å². The molecule has 0 bridgehead atoms. The van der Waals surface area contributed by atoms with Gasteiger partial charge in [-0.05, 0) is 12.8 Å². The summed E-state index contributed by atoms with van der Waals surface area (Å²) in [5.41, 5.74) is 0. The van der Waals surface area contributed by atoms with Crippen molar-refractivity contribution in [2.24, 2.45) is 0 Å². The van der Waals surface area contributed by atoms with Crippen molar-refractivity contribution in [1.29, 1.82) is 0 Å². The quantitative estimate of drug-likeness (QED) is 0.0353. The third kappa shape index (κ3) is 47.6. The van der Waals surface area contributed by atoms with Gasteiger partial charge in [-0.25, -0.2) is 4.57 Å². The van der Waals surface area contributed by atoms with Crippen molar-refractivity contribution in [3.63, 3.8) is 0 Å². The number of rotatable bonds is 47. The van der Waals surface area contributed by atoms with Gasteiger partial charge in [0.05, 0.1) is 6.61 Å². The molecule has 0 aromatic carbocycles. The molecular formula is C48H95O8P. The number of unbranched alkanes of at least 4 members (excludes halogenated alkanes) is 37. The lowest BCUT2D eigenvalue weighted by molar-refractivity contribution is -0.161. The van der Waals surface area contributed by atoms with Crippen LogP contribution in [0, 0.1) is 0 Å². The molecule has 0 unspecified atom stereocenters. The molecule has 0 aromatic heterocycles. The number of carbonyl (C=O) groups excluding carboxylic acids is 2. The Hall–Kier alpha value is -0.950. The third-order valence-corrected chi connectivity index (χ3v) is 11.9. The molecule has 0 heterocycles. The SMILES string of the molecule is CCCCCCCCCCCCCCCCCCCCCCC(=O)O[C@H](COC(=O)CCCCCCCCCCCCCCCCCCCCC)COP(=O)(O)O. The van der Waals surface area contributed by atoms with E-state index in [0.717, 1.165) is 32.1 Å². The topological polar surface area (TPSA) is 119 Å². The van der Waals surface area contributed by atoms with Gasteiger partial charge in [0.2, 0.25) is 0 Å². The summed E-state index contributed by atoms with van der Waals surface area (Å²) < 4.78 is 26.5. The summed E-state index contributed by atoms with van der Waals surface area (Å²) in [6.45, 7) is 3.75. The second-order valence-electron chi connectivity index (χ2n) is 17.2. The van der Waals surface area contributed by atoms with Crippen molar-refractivity contribution >= 4 is 19.8 Å². The first-order valence-corrected chi connectivity index (χ1v) is 26.4. The molecule has 0 saturated heterocycles. The van der Waals surface area contributed by atoms with Crippen molar-refractivity contribution in [2.75, 3.05) is 13.2 Å². The van der Waals surface area contributed by atoms with Gasteiger partial charge in [-0.1, -0.05) is 251 Å². The van der Waals surface area contributed by atoms with Crippen LogP contribution >= 0.6 is 7.82 Å². The fourth-order valence-corrected chi connectivity index (χ4v) is 8.03. The predicted molar refractivity (Wildman–Crippen MR) is 239 cm³/mol. The summed E-state index contributed by atoms with van der Waals surface area (Å²) in [6, 6.07) is 0. The Morgan fingerprint density at radius 1 is 0.386 bits per heavy atom. The molecule has 0 amide bonds. The Morgan fingerprint density at radius 2 is 0.632 bits per heavy atom. The minimum atomic E-state index is -4.75. The summed E-state index contributed by atoms with van der Waals surface area (Å²) in [5, 5.41) is 0. The highest BCUT2D eigenvalue weighted by Gasteiger charge is 2.23. The molecule has 0 radical (unpaired) electrons. The van der Waals surface area contributed by atoms with Gasteiger partial charge >= 0.3 is 19.8 Å². The lowest BCUT2D eigenvalue weighted by Crippen LogP contribution is -2.29. The summed E-state index contributed by atoms with van der Waals surface area (Å²) in [4.78, 5) is 43.0. The average Bonchev–Trinajstić information content (AvgIpc) is 3.18. The van der Waals surface area contributed by atoms with Crippen molar-refractivity contribution in [1.82, 2.24) is 0 Å². The minimum Gasteiger partial charge on any atom is -0.462 e. The standard InChI is InChI=1S/C48H95O8P/c1-3-5-7-9-11-13-15-17-19-21-23-25-27-29-31-33-35-37-39-41-43-48(50)56-46(45-55-57(51,52)53)44-54-47(49)42-40-38-36-34-32-30-28-26-24-22-20-18-16-14-12-10-8-6-4-2/h46H,3-45H2,1-2H3,(H2,51,52,53)/t46-/m1/s1. The molecule has 0 aromatic rings. The highest BCUT2D eigenvalue weighted by atomic mass is 31.2. The monoisotopic (exact) mass is 831 g/mol. The van der Waals surface area contributed by atoms with E-state index in [1.165, 1.54) is 212 Å². The molecule has 0 aliphatic carbocycles. The smallest absolute Gasteiger partial charge is 0.462 e. The Labute approximate surface area is 353 Å². The Kier molecular flexibility index (Phi) is 43.9. The number of hydrogen-bond donors (Lipinski definition) is 2. The second kappa shape index (κ2) is 44.6. The zero-order valence-corrected chi connectivity index (χ0v) is 38.7. The lowest BCUT2D eigenvalue weighted by atomic mass is 10.0. The summed E-state index contributed by atoms with van der Waals surface area (Å²) in [7, 11) is -4.75. The van der Waals surface area contributed by atoms with Crippen molar-refractivity contribution in [3.05, 3.63) is 0 Å². The van der Waals surface area contributed by atoms with E-state index in [4.69, 9.17) is 19.3 Å². The molecule has 57 heavy (non-hydrogen) atoms. The van der Waals surface area contributed by atoms with E-state index in [1.807, 2.05) is 0 Å². The van der Waals surface area contributed by atoms with E-state index in [-0.39, 0.29) is 19.4 Å². The van der Waals surface area contributed by atoms with Gasteiger partial charge in [0.25, 0.3) is 0 Å². The fourth-order valence-electron chi connectivity index (χ4n) is 7.67. The van der Waals surface area contributed by atoms with Gasteiger partial charge in [-0.15, -0.1) is 0 Å². The Balaban J connectivity index is 3.77. The van der Waals surface area contributed by atoms with Crippen LogP contribution in [0.25, 0.3) is 0 Å². The number of ether oxygens (including phenoxy) is 2. The summed E-state index contributed by atoms with van der Waals surface area (Å²) in [5.74, 6) is -0.861. The van der Waals surface area contributed by atoms with Crippen molar-refractivity contribution in [3.8, 4) is 0 Å². The van der Waals surface area contributed by atoms with E-state index < -0.39 is 32.5 Å². The van der Waals surface area contributed by atoms with E-state index >= 15 is 0 Å². The molecule has 0 aliphatic heterocycles. The van der Waals surface area contributed by atoms with Gasteiger partial charge in [-0.3, -0.25) is 14.1 Å². The van der Waals surface area contributed by atoms with Crippen LogP contribution in [0.5, 0.6) is 0 Å². The molecule has 0 fully saturated rings. The molecule has 0 aliphatic rings. The van der Waals surface area contributed by atoms with Crippen LogP contribution in [0.3, 0.4) is 0 Å². The fraction of sp³-hybridized carbons (Fsp3) is 0.958. The van der Waals surface area contributed by atoms with Gasteiger partial charge < -0.3 is 19.3 Å². The number of hydrogen-bond acceptors (Lipinski definition) is 6. The Bertz CT molecular complexity index is 894. The van der Waals surface area contributed by atoms with Crippen LogP contribution in [0.15, 0.2) is 0 Å². The van der Waals surface area contributed by atoms with E-state index in [9.17, 15) is 14.2 Å². The normalized spacial score (nSPS) is 12.3. The van der Waals surface area contributed by atoms with Crippen LogP contribution < -0.4 is 0 Å². The molecule has 9 heteroatoms. The molecule has 0 spiro atoms. The van der Waals surface area contributed by atoms with Gasteiger partial charge in [0.1, 0.15) is 6.61 Å². The molecule has 0 saturated carbocycles. The zero-order chi connectivity index (χ0) is 41.8. The molecular weight excluding hydrogens is 735 g/mol. The van der Waals surface area contributed by atoms with Crippen LogP contribution in [0.4, 0.5) is 0 Å². The largest absolute Gasteiger partial charge is 0.469 e. The Morgan fingerprint density at radius 3 is 0.895 bits per heavy atom. The maximum absolute atomic E-state index is 12.5. The maximum Gasteiger partial charge on any atom is 0.469 e. The number of esters is 2. The molecule has 1 atom stereocenters. The van der Waals surface area contributed by atoms with E-state index in [1.54, 1.807) is 0 Å². The van der Waals surface area contributed by atoms with Gasteiger partial charge in [0.15, 0.2) is 6.10 Å².